The Morgan fingerprint density at radius 2 is 2.04 bits per heavy atom. The maximum absolute atomic E-state index is 14.1. The van der Waals surface area contributed by atoms with Gasteiger partial charge in [-0.1, -0.05) is 0 Å². The van der Waals surface area contributed by atoms with E-state index in [4.69, 9.17) is 21.4 Å². The van der Waals surface area contributed by atoms with Crippen LogP contribution in [0, 0.1) is 5.82 Å². The molecular formula is C13H14F3N3O4. The van der Waals surface area contributed by atoms with Crippen molar-refractivity contribution in [2.75, 3.05) is 6.61 Å². The summed E-state index contributed by atoms with van der Waals surface area (Å²) in [5, 5.41) is 6.89. The number of amidine groups is 1. The molecule has 1 atom stereocenters. The first kappa shape index (κ1) is 18.3. The van der Waals surface area contributed by atoms with E-state index in [1.54, 1.807) is 0 Å². The van der Waals surface area contributed by atoms with Crippen molar-refractivity contribution < 1.29 is 32.6 Å². The predicted octanol–water partition coefficient (Wildman–Crippen LogP) is 0.821. The number of benzene rings is 1. The third-order valence-corrected chi connectivity index (χ3v) is 3.22. The number of primary amides is 1. The molecule has 1 heterocycles. The molecule has 126 valence electrons. The fourth-order valence-corrected chi connectivity index (χ4v) is 1.95. The van der Waals surface area contributed by atoms with Gasteiger partial charge >= 0.3 is 5.92 Å². The van der Waals surface area contributed by atoms with E-state index in [9.17, 15) is 18.0 Å². The number of halogens is 3. The summed E-state index contributed by atoms with van der Waals surface area (Å²) in [7, 11) is 0. The van der Waals surface area contributed by atoms with Gasteiger partial charge in [0.2, 0.25) is 5.91 Å². The quantitative estimate of drug-likeness (QED) is 0.690. The molecule has 23 heavy (non-hydrogen) atoms. The first-order valence-corrected chi connectivity index (χ1v) is 6.12. The van der Waals surface area contributed by atoms with Gasteiger partial charge in [-0.2, -0.15) is 8.78 Å². The highest BCUT2D eigenvalue weighted by atomic mass is 19.3. The molecule has 0 saturated carbocycles. The number of nitrogens with zero attached hydrogens (tertiary/aromatic N) is 1. The zero-order valence-electron chi connectivity index (χ0n) is 11.9. The first-order valence-electron chi connectivity index (χ1n) is 6.12. The maximum atomic E-state index is 14.1. The highest BCUT2D eigenvalue weighted by Gasteiger charge is 2.56. The van der Waals surface area contributed by atoms with Gasteiger partial charge < -0.3 is 21.3 Å². The number of hydrogen-bond acceptors (Lipinski definition) is 5. The van der Waals surface area contributed by atoms with E-state index in [1.807, 2.05) is 0 Å². The van der Waals surface area contributed by atoms with Gasteiger partial charge in [-0.3, -0.25) is 9.59 Å². The lowest BCUT2D eigenvalue weighted by atomic mass is 9.84. The van der Waals surface area contributed by atoms with E-state index < -0.39 is 41.4 Å². The number of carbonyl (C=O) groups is 2. The molecule has 5 N–H and O–H groups in total. The Balaban J connectivity index is 0.000000816. The van der Waals surface area contributed by atoms with Crippen LogP contribution in [0.4, 0.5) is 13.2 Å². The van der Waals surface area contributed by atoms with Gasteiger partial charge in [0.15, 0.2) is 12.1 Å². The molecule has 1 amide bonds. The highest BCUT2D eigenvalue weighted by Crippen LogP contribution is 2.44. The summed E-state index contributed by atoms with van der Waals surface area (Å²) in [6.07, 6.45) is 0. The molecule has 0 saturated heterocycles. The largest absolute Gasteiger partial charge is 0.483 e. The van der Waals surface area contributed by atoms with E-state index in [-0.39, 0.29) is 12.0 Å². The Morgan fingerprint density at radius 1 is 1.48 bits per heavy atom. The molecule has 1 aromatic rings. The lowest BCUT2D eigenvalue weighted by molar-refractivity contribution is -0.122. The van der Waals surface area contributed by atoms with Crippen LogP contribution in [0.1, 0.15) is 22.8 Å². The molecule has 0 unspecified atom stereocenters. The van der Waals surface area contributed by atoms with E-state index in [0.29, 0.717) is 0 Å². The van der Waals surface area contributed by atoms with Crippen molar-refractivity contribution in [2.24, 2.45) is 16.5 Å². The average Bonchev–Trinajstić information content (AvgIpc) is 2.44. The summed E-state index contributed by atoms with van der Waals surface area (Å²) in [6.45, 7) is -0.259. The van der Waals surface area contributed by atoms with Crippen LogP contribution >= 0.6 is 0 Å². The third kappa shape index (κ3) is 3.52. The van der Waals surface area contributed by atoms with Crippen molar-refractivity contribution in [3.8, 4) is 0 Å². The molecule has 1 aliphatic heterocycles. The summed E-state index contributed by atoms with van der Waals surface area (Å²) < 4.78 is 46.5. The predicted molar refractivity (Wildman–Crippen MR) is 73.5 cm³/mol. The van der Waals surface area contributed by atoms with Gasteiger partial charge in [0, 0.05) is 11.1 Å². The SMILES string of the molecule is C[C@]1(c2cc(C(N)=O)ccc2F)N=C(N)OCC1(F)F.O=CO. The van der Waals surface area contributed by atoms with Crippen LogP contribution < -0.4 is 11.5 Å². The molecule has 0 aromatic heterocycles. The van der Waals surface area contributed by atoms with Crippen LogP contribution in [0.25, 0.3) is 0 Å². The molecule has 10 heteroatoms. The molecule has 7 nitrogen and oxygen atoms in total. The lowest BCUT2D eigenvalue weighted by Gasteiger charge is -2.37. The van der Waals surface area contributed by atoms with Crippen LogP contribution in [-0.2, 0) is 15.1 Å². The summed E-state index contributed by atoms with van der Waals surface area (Å²) in [5.41, 5.74) is 7.52. The van der Waals surface area contributed by atoms with Gasteiger partial charge in [0.25, 0.3) is 12.5 Å². The summed E-state index contributed by atoms with van der Waals surface area (Å²) in [6, 6.07) is 2.48. The fourth-order valence-electron chi connectivity index (χ4n) is 1.95. The second-order valence-corrected chi connectivity index (χ2v) is 4.68. The number of alkyl halides is 2. The Hall–Kier alpha value is -2.78. The fraction of sp³-hybridized carbons (Fsp3) is 0.308. The third-order valence-electron chi connectivity index (χ3n) is 3.22. The minimum Gasteiger partial charge on any atom is -0.483 e. The molecule has 0 spiro atoms. The summed E-state index contributed by atoms with van der Waals surface area (Å²) >= 11 is 0. The van der Waals surface area contributed by atoms with Crippen LogP contribution in [0.2, 0.25) is 0 Å². The molecule has 0 radical (unpaired) electrons. The van der Waals surface area contributed by atoms with Crippen molar-refractivity contribution in [2.45, 2.75) is 18.4 Å². The number of carboxylic acid groups (broad SMARTS) is 1. The summed E-state index contributed by atoms with van der Waals surface area (Å²) in [5.74, 6) is -5.29. The Kier molecular flexibility index (Phi) is 5.20. The number of carbonyl (C=O) groups excluding carboxylic acids is 1. The maximum Gasteiger partial charge on any atom is 0.310 e. The number of nitrogens with two attached hydrogens (primary N) is 2. The minimum atomic E-state index is -3.49. The lowest BCUT2D eigenvalue weighted by Crippen LogP contribution is -2.51. The number of rotatable bonds is 2. The average molecular weight is 333 g/mol. The molecular weight excluding hydrogens is 319 g/mol. The molecule has 0 fully saturated rings. The number of aliphatic imine (C=N–C) groups is 1. The second-order valence-electron chi connectivity index (χ2n) is 4.68. The van der Waals surface area contributed by atoms with Crippen molar-refractivity contribution in [3.05, 3.63) is 35.1 Å². The minimum absolute atomic E-state index is 0.0984. The van der Waals surface area contributed by atoms with Gasteiger partial charge in [0.05, 0.1) is 0 Å². The smallest absolute Gasteiger partial charge is 0.310 e. The normalized spacial score (nSPS) is 22.0. The second kappa shape index (κ2) is 6.55. The van der Waals surface area contributed by atoms with Crippen LogP contribution in [-0.4, -0.2) is 36.0 Å². The standard InChI is InChI=1S/C12H12F3N3O2.CH2O2/c1-11(12(14,15)5-20-10(17)18-11)7-4-6(9(16)19)2-3-8(7)13;2-1-3/h2-4H,5H2,1H3,(H2,16,19)(H2,17,18);1H,(H,2,3)/t11-;/m1./s1. The van der Waals surface area contributed by atoms with E-state index in [0.717, 1.165) is 25.1 Å². The first-order chi connectivity index (χ1) is 10.6. The van der Waals surface area contributed by atoms with Gasteiger partial charge in [0.1, 0.15) is 5.82 Å². The topological polar surface area (TPSA) is 128 Å². The zero-order valence-corrected chi connectivity index (χ0v) is 11.9. The van der Waals surface area contributed by atoms with E-state index >= 15 is 0 Å². The molecule has 1 aliphatic rings. The Bertz CT molecular complexity index is 651. The molecule has 0 bridgehead atoms. The molecule has 1 aromatic carbocycles. The highest BCUT2D eigenvalue weighted by molar-refractivity contribution is 5.93. The summed E-state index contributed by atoms with van der Waals surface area (Å²) in [4.78, 5) is 23.0. The van der Waals surface area contributed by atoms with Gasteiger partial charge in [-0.05, 0) is 25.1 Å². The Morgan fingerprint density at radius 3 is 2.57 bits per heavy atom. The molecule has 2 rings (SSSR count). The zero-order chi connectivity index (χ0) is 17.8. The number of hydrogen-bond donors (Lipinski definition) is 3. The molecule has 0 aliphatic carbocycles. The van der Waals surface area contributed by atoms with Crippen molar-refractivity contribution in [3.63, 3.8) is 0 Å². The van der Waals surface area contributed by atoms with Gasteiger partial charge in [-0.25, -0.2) is 9.38 Å². The van der Waals surface area contributed by atoms with Gasteiger partial charge in [-0.15, -0.1) is 0 Å². The van der Waals surface area contributed by atoms with Crippen LogP contribution in [0.15, 0.2) is 23.2 Å². The van der Waals surface area contributed by atoms with E-state index in [2.05, 4.69) is 9.73 Å². The number of ether oxygens (including phenoxy) is 1. The van der Waals surface area contributed by atoms with Crippen LogP contribution in [0.5, 0.6) is 0 Å². The monoisotopic (exact) mass is 333 g/mol. The number of amides is 1. The Labute approximate surface area is 128 Å². The van der Waals surface area contributed by atoms with Crippen molar-refractivity contribution >= 4 is 18.4 Å². The van der Waals surface area contributed by atoms with Crippen molar-refractivity contribution in [1.82, 2.24) is 0 Å². The van der Waals surface area contributed by atoms with E-state index in [1.165, 1.54) is 0 Å². The van der Waals surface area contributed by atoms with Crippen molar-refractivity contribution in [1.29, 1.82) is 0 Å². The van der Waals surface area contributed by atoms with Crippen LogP contribution in [0.3, 0.4) is 0 Å².